The molecule has 0 spiro atoms. The van der Waals surface area contributed by atoms with E-state index in [9.17, 15) is 4.79 Å². The van der Waals surface area contributed by atoms with Crippen LogP contribution in [0.1, 0.15) is 47.7 Å². The molecule has 1 aromatic heterocycles. The first-order chi connectivity index (χ1) is 13.5. The normalized spacial score (nSPS) is 17.3. The van der Waals surface area contributed by atoms with Gasteiger partial charge in [-0.25, -0.2) is 0 Å². The van der Waals surface area contributed by atoms with Crippen molar-refractivity contribution in [1.82, 2.24) is 10.1 Å². The number of amides is 1. The highest BCUT2D eigenvalue weighted by Crippen LogP contribution is 2.28. The molecule has 0 N–H and O–H groups in total. The number of aromatic nitrogens is 1. The Morgan fingerprint density at radius 3 is 2.71 bits per heavy atom. The summed E-state index contributed by atoms with van der Waals surface area (Å²) in [4.78, 5) is 14.6. The Labute approximate surface area is 164 Å². The SMILES string of the molecule is COc1ccc2cc([C@H]3CN(C(=O)c4cc(C(C)C)on4)CCO3)ccc2c1. The van der Waals surface area contributed by atoms with Crippen molar-refractivity contribution in [3.63, 3.8) is 0 Å². The first-order valence-electron chi connectivity index (χ1n) is 9.50. The topological polar surface area (TPSA) is 64.8 Å². The number of benzene rings is 2. The molecule has 2 heterocycles. The summed E-state index contributed by atoms with van der Waals surface area (Å²) < 4.78 is 16.5. The van der Waals surface area contributed by atoms with Crippen LogP contribution in [0.4, 0.5) is 0 Å². The molecule has 1 aliphatic heterocycles. The Kier molecular flexibility index (Phi) is 5.05. The van der Waals surface area contributed by atoms with E-state index in [4.69, 9.17) is 14.0 Å². The molecule has 1 saturated heterocycles. The highest BCUT2D eigenvalue weighted by Gasteiger charge is 2.28. The summed E-state index contributed by atoms with van der Waals surface area (Å²) >= 11 is 0. The number of rotatable bonds is 4. The molecule has 6 nitrogen and oxygen atoms in total. The first kappa shape index (κ1) is 18.5. The zero-order valence-electron chi connectivity index (χ0n) is 16.3. The van der Waals surface area contributed by atoms with Crippen molar-refractivity contribution in [1.29, 1.82) is 0 Å². The molecule has 3 aromatic rings. The number of methoxy groups -OCH3 is 1. The Bertz CT molecular complexity index is 995. The lowest BCUT2D eigenvalue weighted by Gasteiger charge is -2.32. The van der Waals surface area contributed by atoms with Crippen molar-refractivity contribution < 1.29 is 18.8 Å². The highest BCUT2D eigenvalue weighted by molar-refractivity contribution is 5.92. The van der Waals surface area contributed by atoms with Crippen molar-refractivity contribution in [3.8, 4) is 5.75 Å². The molecule has 28 heavy (non-hydrogen) atoms. The molecule has 2 aromatic carbocycles. The van der Waals surface area contributed by atoms with Crippen LogP contribution in [-0.4, -0.2) is 42.8 Å². The van der Waals surface area contributed by atoms with Crippen LogP contribution in [0.25, 0.3) is 10.8 Å². The second-order valence-electron chi connectivity index (χ2n) is 7.35. The van der Waals surface area contributed by atoms with Gasteiger partial charge in [-0.2, -0.15) is 0 Å². The van der Waals surface area contributed by atoms with Gasteiger partial charge in [-0.15, -0.1) is 0 Å². The van der Waals surface area contributed by atoms with E-state index >= 15 is 0 Å². The van der Waals surface area contributed by atoms with Crippen LogP contribution in [0.5, 0.6) is 5.75 Å². The molecule has 146 valence electrons. The summed E-state index contributed by atoms with van der Waals surface area (Å²) in [5.41, 5.74) is 1.41. The van der Waals surface area contributed by atoms with E-state index in [1.54, 1.807) is 18.1 Å². The van der Waals surface area contributed by atoms with Gasteiger partial charge < -0.3 is 18.9 Å². The van der Waals surface area contributed by atoms with Gasteiger partial charge in [0.1, 0.15) is 17.6 Å². The number of hydrogen-bond acceptors (Lipinski definition) is 5. The third kappa shape index (κ3) is 3.60. The number of fused-ring (bicyclic) bond motifs is 1. The summed E-state index contributed by atoms with van der Waals surface area (Å²) in [6, 6.07) is 13.9. The van der Waals surface area contributed by atoms with E-state index in [0.717, 1.165) is 27.8 Å². The first-order valence-corrected chi connectivity index (χ1v) is 9.50. The largest absolute Gasteiger partial charge is 0.497 e. The molecule has 0 aliphatic carbocycles. The van der Waals surface area contributed by atoms with Gasteiger partial charge in [-0.1, -0.05) is 37.2 Å². The zero-order valence-corrected chi connectivity index (χ0v) is 16.3. The molecular formula is C22H24N2O4. The molecule has 0 radical (unpaired) electrons. The average Bonchev–Trinajstić information content (AvgIpc) is 3.23. The molecule has 0 bridgehead atoms. The third-order valence-electron chi connectivity index (χ3n) is 5.11. The van der Waals surface area contributed by atoms with Gasteiger partial charge in [0.15, 0.2) is 5.69 Å². The lowest BCUT2D eigenvalue weighted by molar-refractivity contribution is -0.0230. The summed E-state index contributed by atoms with van der Waals surface area (Å²) in [5, 5.41) is 6.17. The molecule has 1 atom stereocenters. The van der Waals surface area contributed by atoms with Gasteiger partial charge in [-0.3, -0.25) is 4.79 Å². The van der Waals surface area contributed by atoms with E-state index in [-0.39, 0.29) is 17.9 Å². The summed E-state index contributed by atoms with van der Waals surface area (Å²) in [5.74, 6) is 1.63. The van der Waals surface area contributed by atoms with E-state index in [1.807, 2.05) is 38.1 Å². The summed E-state index contributed by atoms with van der Waals surface area (Å²) in [6.45, 7) is 5.55. The predicted octanol–water partition coefficient (Wildman–Crippen LogP) is 4.17. The quantitative estimate of drug-likeness (QED) is 0.680. The second kappa shape index (κ2) is 7.64. The maximum Gasteiger partial charge on any atom is 0.276 e. The van der Waals surface area contributed by atoms with Crippen LogP contribution in [0, 0.1) is 0 Å². The molecule has 1 fully saturated rings. The Morgan fingerprint density at radius 2 is 1.96 bits per heavy atom. The van der Waals surface area contributed by atoms with Gasteiger partial charge in [0, 0.05) is 18.5 Å². The van der Waals surface area contributed by atoms with Crippen LogP contribution < -0.4 is 4.74 Å². The van der Waals surface area contributed by atoms with Crippen molar-refractivity contribution in [2.24, 2.45) is 0 Å². The minimum atomic E-state index is -0.166. The summed E-state index contributed by atoms with van der Waals surface area (Å²) in [7, 11) is 1.66. The molecule has 1 amide bonds. The van der Waals surface area contributed by atoms with Gasteiger partial charge in [0.05, 0.1) is 20.3 Å². The fourth-order valence-electron chi connectivity index (χ4n) is 3.43. The van der Waals surface area contributed by atoms with Gasteiger partial charge in [0.25, 0.3) is 5.91 Å². The molecule has 4 rings (SSSR count). The lowest BCUT2D eigenvalue weighted by atomic mass is 10.0. The van der Waals surface area contributed by atoms with Crippen molar-refractivity contribution in [2.45, 2.75) is 25.9 Å². The zero-order chi connectivity index (χ0) is 19.7. The third-order valence-corrected chi connectivity index (χ3v) is 5.11. The molecule has 0 saturated carbocycles. The maximum atomic E-state index is 12.8. The van der Waals surface area contributed by atoms with E-state index in [1.165, 1.54) is 0 Å². The monoisotopic (exact) mass is 380 g/mol. The molecule has 1 aliphatic rings. The van der Waals surface area contributed by atoms with Crippen molar-refractivity contribution in [2.75, 3.05) is 26.8 Å². The molecule has 6 heteroatoms. The Balaban J connectivity index is 1.53. The highest BCUT2D eigenvalue weighted by atomic mass is 16.5. The van der Waals surface area contributed by atoms with Crippen LogP contribution in [0.15, 0.2) is 47.0 Å². The fraction of sp³-hybridized carbons (Fsp3) is 0.364. The van der Waals surface area contributed by atoms with Crippen LogP contribution >= 0.6 is 0 Å². The van der Waals surface area contributed by atoms with Gasteiger partial charge in [-0.05, 0) is 34.5 Å². The van der Waals surface area contributed by atoms with Gasteiger partial charge in [0.2, 0.25) is 0 Å². The predicted molar refractivity (Wildman–Crippen MR) is 106 cm³/mol. The number of hydrogen-bond donors (Lipinski definition) is 0. The van der Waals surface area contributed by atoms with E-state index < -0.39 is 0 Å². The summed E-state index contributed by atoms with van der Waals surface area (Å²) in [6.07, 6.45) is -0.166. The number of morpholine rings is 1. The lowest BCUT2D eigenvalue weighted by Crippen LogP contribution is -2.42. The van der Waals surface area contributed by atoms with Gasteiger partial charge >= 0.3 is 0 Å². The Morgan fingerprint density at radius 1 is 1.18 bits per heavy atom. The van der Waals surface area contributed by atoms with Crippen molar-refractivity contribution >= 4 is 16.7 Å². The fourth-order valence-corrected chi connectivity index (χ4v) is 3.43. The molecule has 0 unspecified atom stereocenters. The minimum Gasteiger partial charge on any atom is -0.497 e. The van der Waals surface area contributed by atoms with E-state index in [0.29, 0.717) is 25.4 Å². The van der Waals surface area contributed by atoms with Crippen molar-refractivity contribution in [3.05, 3.63) is 59.5 Å². The standard InChI is InChI=1S/C22H24N2O4/c1-14(2)20-12-19(23-28-20)22(25)24-8-9-27-21(13-24)17-5-4-16-11-18(26-3)7-6-15(16)10-17/h4-7,10-12,14,21H,8-9,13H2,1-3H3/t21-/m1/s1. The second-order valence-corrected chi connectivity index (χ2v) is 7.35. The van der Waals surface area contributed by atoms with E-state index in [2.05, 4.69) is 17.3 Å². The number of nitrogens with zero attached hydrogens (tertiary/aromatic N) is 2. The van der Waals surface area contributed by atoms with Crippen LogP contribution in [0.2, 0.25) is 0 Å². The minimum absolute atomic E-state index is 0.116. The molecular weight excluding hydrogens is 356 g/mol. The maximum absolute atomic E-state index is 12.8. The van der Waals surface area contributed by atoms with Crippen LogP contribution in [0.3, 0.4) is 0 Å². The smallest absolute Gasteiger partial charge is 0.276 e. The number of carbonyl (C=O) groups excluding carboxylic acids is 1. The van der Waals surface area contributed by atoms with Crippen LogP contribution in [-0.2, 0) is 4.74 Å². The average molecular weight is 380 g/mol. The number of carbonyl (C=O) groups is 1. The Hall–Kier alpha value is -2.86. The number of ether oxygens (including phenoxy) is 2.